The molecule has 0 radical (unpaired) electrons. The first-order valence-corrected chi connectivity index (χ1v) is 10.4. The minimum Gasteiger partial charge on any atom is -0.319 e. The van der Waals surface area contributed by atoms with Crippen molar-refractivity contribution >= 4 is 27.3 Å². The van der Waals surface area contributed by atoms with Gasteiger partial charge in [-0.3, -0.25) is 9.10 Å². The third kappa shape index (κ3) is 3.72. The van der Waals surface area contributed by atoms with Gasteiger partial charge in [0.1, 0.15) is 0 Å². The minimum atomic E-state index is -3.23. The Bertz CT molecular complexity index is 1080. The molecule has 2 aromatic carbocycles. The van der Waals surface area contributed by atoms with Crippen LogP contribution in [0.4, 0.5) is 11.4 Å². The Morgan fingerprint density at radius 1 is 0.964 bits per heavy atom. The lowest BCUT2D eigenvalue weighted by Crippen LogP contribution is -2.25. The van der Waals surface area contributed by atoms with Crippen molar-refractivity contribution in [1.29, 1.82) is 0 Å². The van der Waals surface area contributed by atoms with Gasteiger partial charge in [0.15, 0.2) is 5.82 Å². The average Bonchev–Trinajstić information content (AvgIpc) is 3.08. The second-order valence-electron chi connectivity index (χ2n) is 6.40. The Morgan fingerprint density at radius 3 is 2.25 bits per heavy atom. The second-order valence-corrected chi connectivity index (χ2v) is 8.42. The van der Waals surface area contributed by atoms with Gasteiger partial charge in [-0.2, -0.15) is 0 Å². The fourth-order valence-electron chi connectivity index (χ4n) is 3.04. The van der Waals surface area contributed by atoms with Crippen LogP contribution in [-0.2, 0) is 10.0 Å². The molecular weight excluding hydrogens is 376 g/mol. The Morgan fingerprint density at radius 2 is 1.64 bits per heavy atom. The van der Waals surface area contributed by atoms with E-state index in [1.54, 1.807) is 36.7 Å². The highest BCUT2D eigenvalue weighted by molar-refractivity contribution is 7.93. The lowest BCUT2D eigenvalue weighted by Gasteiger charge is -2.17. The summed E-state index contributed by atoms with van der Waals surface area (Å²) in [6.45, 7) is 0.471. The molecule has 7 nitrogen and oxygen atoms in total. The highest BCUT2D eigenvalue weighted by Gasteiger charge is 2.28. The van der Waals surface area contributed by atoms with Gasteiger partial charge in [-0.1, -0.05) is 30.3 Å². The molecule has 8 heteroatoms. The standard InChI is InChI=1S/C20H18N4O3S/c25-20(16-7-9-18(10-8-16)24-11-4-12-28(24,26)27)23-17-13-21-19(22-14-17)15-5-2-1-3-6-15/h1-3,5-10,13-14H,4,11-12H2,(H,23,25). The number of carbonyl (C=O) groups is 1. The van der Waals surface area contributed by atoms with E-state index in [1.165, 1.54) is 4.31 Å². The zero-order chi connectivity index (χ0) is 19.6. The highest BCUT2D eigenvalue weighted by atomic mass is 32.2. The topological polar surface area (TPSA) is 92.3 Å². The molecule has 0 atom stereocenters. The van der Waals surface area contributed by atoms with E-state index < -0.39 is 10.0 Å². The van der Waals surface area contributed by atoms with E-state index in [0.717, 1.165) is 5.56 Å². The van der Waals surface area contributed by atoms with Crippen molar-refractivity contribution in [3.05, 3.63) is 72.6 Å². The van der Waals surface area contributed by atoms with Crippen LogP contribution in [0.5, 0.6) is 0 Å². The average molecular weight is 394 g/mol. The van der Waals surface area contributed by atoms with Crippen LogP contribution in [0.25, 0.3) is 11.4 Å². The Labute approximate surface area is 163 Å². The largest absolute Gasteiger partial charge is 0.319 e. The molecule has 1 aliphatic heterocycles. The molecule has 142 valence electrons. The lowest BCUT2D eigenvalue weighted by molar-refractivity contribution is 0.102. The van der Waals surface area contributed by atoms with Crippen LogP contribution in [0, 0.1) is 0 Å². The second kappa shape index (κ2) is 7.40. The molecule has 28 heavy (non-hydrogen) atoms. The van der Waals surface area contributed by atoms with Crippen LogP contribution < -0.4 is 9.62 Å². The van der Waals surface area contributed by atoms with Gasteiger partial charge in [-0.05, 0) is 30.7 Å². The molecule has 1 fully saturated rings. The molecule has 0 spiro atoms. The Hall–Kier alpha value is -3.26. The van der Waals surface area contributed by atoms with Crippen molar-refractivity contribution in [3.63, 3.8) is 0 Å². The number of benzene rings is 2. The summed E-state index contributed by atoms with van der Waals surface area (Å²) < 4.78 is 25.3. The molecule has 0 unspecified atom stereocenters. The number of anilines is 2. The number of amides is 1. The zero-order valence-corrected chi connectivity index (χ0v) is 15.8. The van der Waals surface area contributed by atoms with E-state index in [0.29, 0.717) is 35.7 Å². The number of carbonyl (C=O) groups excluding carboxylic acids is 1. The van der Waals surface area contributed by atoms with Gasteiger partial charge in [0.25, 0.3) is 5.91 Å². The fourth-order valence-corrected chi connectivity index (χ4v) is 4.61. The van der Waals surface area contributed by atoms with E-state index >= 15 is 0 Å². The van der Waals surface area contributed by atoms with Crippen LogP contribution in [0.3, 0.4) is 0 Å². The molecule has 1 amide bonds. The first-order valence-electron chi connectivity index (χ1n) is 8.82. The molecule has 3 aromatic rings. The highest BCUT2D eigenvalue weighted by Crippen LogP contribution is 2.24. The predicted molar refractivity (Wildman–Crippen MR) is 108 cm³/mol. The van der Waals surface area contributed by atoms with Crippen molar-refractivity contribution in [2.24, 2.45) is 0 Å². The zero-order valence-electron chi connectivity index (χ0n) is 14.9. The monoisotopic (exact) mass is 394 g/mol. The van der Waals surface area contributed by atoms with Crippen LogP contribution >= 0.6 is 0 Å². The quantitative estimate of drug-likeness (QED) is 0.734. The normalized spacial score (nSPS) is 15.4. The minimum absolute atomic E-state index is 0.161. The van der Waals surface area contributed by atoms with Gasteiger partial charge >= 0.3 is 0 Å². The van der Waals surface area contributed by atoms with Gasteiger partial charge in [0.2, 0.25) is 10.0 Å². The molecule has 2 heterocycles. The van der Waals surface area contributed by atoms with E-state index in [4.69, 9.17) is 0 Å². The predicted octanol–water partition coefficient (Wildman–Crippen LogP) is 2.94. The number of rotatable bonds is 4. The van der Waals surface area contributed by atoms with Crippen LogP contribution in [-0.4, -0.2) is 36.6 Å². The smallest absolute Gasteiger partial charge is 0.255 e. The van der Waals surface area contributed by atoms with E-state index in [2.05, 4.69) is 15.3 Å². The van der Waals surface area contributed by atoms with Crippen LogP contribution in [0.1, 0.15) is 16.8 Å². The third-order valence-corrected chi connectivity index (χ3v) is 6.33. The molecule has 4 rings (SSSR count). The molecule has 0 saturated carbocycles. The SMILES string of the molecule is O=C(Nc1cnc(-c2ccccc2)nc1)c1ccc(N2CCCS2(=O)=O)cc1. The van der Waals surface area contributed by atoms with Gasteiger partial charge in [0, 0.05) is 17.7 Å². The third-order valence-electron chi connectivity index (χ3n) is 4.46. The van der Waals surface area contributed by atoms with Gasteiger partial charge < -0.3 is 5.32 Å². The lowest BCUT2D eigenvalue weighted by atomic mass is 10.2. The van der Waals surface area contributed by atoms with E-state index in [9.17, 15) is 13.2 Å². The summed E-state index contributed by atoms with van der Waals surface area (Å²) in [6, 6.07) is 16.1. The van der Waals surface area contributed by atoms with E-state index in [-0.39, 0.29) is 11.7 Å². The number of hydrogen-bond donors (Lipinski definition) is 1. The maximum atomic E-state index is 12.4. The van der Waals surface area contributed by atoms with Crippen molar-refractivity contribution in [3.8, 4) is 11.4 Å². The van der Waals surface area contributed by atoms with Gasteiger partial charge in [0.05, 0.1) is 29.5 Å². The maximum Gasteiger partial charge on any atom is 0.255 e. The number of nitrogens with one attached hydrogen (secondary N) is 1. The number of hydrogen-bond acceptors (Lipinski definition) is 5. The summed E-state index contributed by atoms with van der Waals surface area (Å²) >= 11 is 0. The summed E-state index contributed by atoms with van der Waals surface area (Å²) in [5.41, 5.74) is 2.38. The molecule has 1 aliphatic rings. The van der Waals surface area contributed by atoms with Crippen LogP contribution in [0.15, 0.2) is 67.0 Å². The Balaban J connectivity index is 1.45. The first-order chi connectivity index (χ1) is 13.5. The number of nitrogens with zero attached hydrogens (tertiary/aromatic N) is 3. The van der Waals surface area contributed by atoms with Gasteiger partial charge in [-0.25, -0.2) is 18.4 Å². The molecule has 1 aromatic heterocycles. The molecular formula is C20H18N4O3S. The molecule has 1 saturated heterocycles. The van der Waals surface area contributed by atoms with Crippen molar-refractivity contribution < 1.29 is 13.2 Å². The van der Waals surface area contributed by atoms with Crippen molar-refractivity contribution in [2.75, 3.05) is 21.9 Å². The summed E-state index contributed by atoms with van der Waals surface area (Å²) in [5.74, 6) is 0.426. The summed E-state index contributed by atoms with van der Waals surface area (Å²) in [4.78, 5) is 21.0. The van der Waals surface area contributed by atoms with E-state index in [1.807, 2.05) is 30.3 Å². The first kappa shape index (κ1) is 18.1. The van der Waals surface area contributed by atoms with Gasteiger partial charge in [-0.15, -0.1) is 0 Å². The summed E-state index contributed by atoms with van der Waals surface area (Å²) in [5, 5.41) is 2.75. The molecule has 0 bridgehead atoms. The summed E-state index contributed by atoms with van der Waals surface area (Å²) in [7, 11) is -3.23. The number of aromatic nitrogens is 2. The van der Waals surface area contributed by atoms with Crippen molar-refractivity contribution in [1.82, 2.24) is 9.97 Å². The number of sulfonamides is 1. The van der Waals surface area contributed by atoms with Crippen LogP contribution in [0.2, 0.25) is 0 Å². The fraction of sp³-hybridized carbons (Fsp3) is 0.150. The van der Waals surface area contributed by atoms with Crippen molar-refractivity contribution in [2.45, 2.75) is 6.42 Å². The Kier molecular flexibility index (Phi) is 4.79. The maximum absolute atomic E-state index is 12.4. The summed E-state index contributed by atoms with van der Waals surface area (Å²) in [6.07, 6.45) is 3.72. The molecule has 1 N–H and O–H groups in total. The molecule has 0 aliphatic carbocycles.